The van der Waals surface area contributed by atoms with Crippen LogP contribution in [0.5, 0.6) is 0 Å². The zero-order valence-electron chi connectivity index (χ0n) is 10.7. The summed E-state index contributed by atoms with van der Waals surface area (Å²) in [7, 11) is 0. The minimum absolute atomic E-state index is 0.340. The van der Waals surface area contributed by atoms with E-state index in [2.05, 4.69) is 11.9 Å². The van der Waals surface area contributed by atoms with Gasteiger partial charge in [-0.05, 0) is 18.4 Å². The van der Waals surface area contributed by atoms with E-state index in [1.807, 2.05) is 29.6 Å². The van der Waals surface area contributed by atoms with Gasteiger partial charge in [0.25, 0.3) is 0 Å². The molecule has 0 aliphatic rings. The molecule has 0 bridgehead atoms. The second-order valence-electron chi connectivity index (χ2n) is 4.33. The van der Waals surface area contributed by atoms with E-state index in [1.165, 1.54) is 0 Å². The Balaban J connectivity index is 2.12. The Morgan fingerprint density at radius 1 is 1.42 bits per heavy atom. The number of nitrogens with zero attached hydrogens (tertiary/aromatic N) is 1. The second kappa shape index (κ2) is 5.95. The summed E-state index contributed by atoms with van der Waals surface area (Å²) in [5.74, 6) is -0.976. The lowest BCUT2D eigenvalue weighted by Crippen LogP contribution is -2.32. The molecule has 2 aromatic rings. The third-order valence-electron chi connectivity index (χ3n) is 2.88. The lowest BCUT2D eigenvalue weighted by atomic mass is 10.0. The van der Waals surface area contributed by atoms with E-state index >= 15 is 0 Å². The fraction of sp³-hybridized carbons (Fsp3) is 0.286. The molecular weight excluding hydrogens is 260 g/mol. The molecule has 0 aliphatic carbocycles. The molecule has 1 heterocycles. The number of aromatic nitrogens is 1. The summed E-state index contributed by atoms with van der Waals surface area (Å²) >= 11 is 1.65. The average Bonchev–Trinajstić information content (AvgIpc) is 2.88. The number of hydrogen-bond donors (Lipinski definition) is 2. The van der Waals surface area contributed by atoms with Gasteiger partial charge in [-0.2, -0.15) is 0 Å². The van der Waals surface area contributed by atoms with Crippen LogP contribution >= 0.6 is 11.3 Å². The predicted molar refractivity (Wildman–Crippen MR) is 76.2 cm³/mol. The smallest absolute Gasteiger partial charge is 0.320 e. The van der Waals surface area contributed by atoms with Gasteiger partial charge in [-0.3, -0.25) is 4.79 Å². The Labute approximate surface area is 115 Å². The molecule has 19 heavy (non-hydrogen) atoms. The first-order valence-electron chi connectivity index (χ1n) is 6.12. The Bertz CT molecular complexity index is 563. The van der Waals surface area contributed by atoms with E-state index in [4.69, 9.17) is 10.8 Å². The highest BCUT2D eigenvalue weighted by molar-refractivity contribution is 7.09. The van der Waals surface area contributed by atoms with E-state index in [-0.39, 0.29) is 0 Å². The summed E-state index contributed by atoms with van der Waals surface area (Å²) < 4.78 is 0. The zero-order valence-corrected chi connectivity index (χ0v) is 11.5. The van der Waals surface area contributed by atoms with Crippen LogP contribution in [0.4, 0.5) is 0 Å². The van der Waals surface area contributed by atoms with Crippen molar-refractivity contribution < 1.29 is 9.90 Å². The fourth-order valence-corrected chi connectivity index (χ4v) is 2.51. The number of aliphatic carboxylic acids is 1. The van der Waals surface area contributed by atoms with Crippen molar-refractivity contribution in [3.8, 4) is 11.3 Å². The van der Waals surface area contributed by atoms with Crippen molar-refractivity contribution in [2.75, 3.05) is 0 Å². The summed E-state index contributed by atoms with van der Waals surface area (Å²) in [6.45, 7) is 2.08. The van der Waals surface area contributed by atoms with E-state index in [0.717, 1.165) is 28.2 Å². The number of carboxylic acids is 1. The summed E-state index contributed by atoms with van der Waals surface area (Å²) in [4.78, 5) is 15.2. The number of rotatable bonds is 5. The Morgan fingerprint density at radius 2 is 2.11 bits per heavy atom. The molecule has 3 N–H and O–H groups in total. The van der Waals surface area contributed by atoms with Crippen molar-refractivity contribution in [3.63, 3.8) is 0 Å². The largest absolute Gasteiger partial charge is 0.480 e. The van der Waals surface area contributed by atoms with Crippen LogP contribution in [0.3, 0.4) is 0 Å². The molecule has 0 saturated heterocycles. The third-order valence-corrected chi connectivity index (χ3v) is 3.87. The maximum atomic E-state index is 10.7. The highest BCUT2D eigenvalue weighted by atomic mass is 32.1. The van der Waals surface area contributed by atoms with Gasteiger partial charge in [0.2, 0.25) is 0 Å². The van der Waals surface area contributed by atoms with Gasteiger partial charge in [0, 0.05) is 10.9 Å². The lowest BCUT2D eigenvalue weighted by molar-refractivity contribution is -0.138. The van der Waals surface area contributed by atoms with Gasteiger partial charge in [-0.25, -0.2) is 4.98 Å². The maximum absolute atomic E-state index is 10.7. The number of benzene rings is 1. The van der Waals surface area contributed by atoms with Gasteiger partial charge < -0.3 is 10.8 Å². The van der Waals surface area contributed by atoms with Crippen LogP contribution in [0.25, 0.3) is 11.3 Å². The molecule has 0 radical (unpaired) electrons. The molecular formula is C14H16N2O2S. The first-order chi connectivity index (χ1) is 9.10. The van der Waals surface area contributed by atoms with Crippen molar-refractivity contribution >= 4 is 17.3 Å². The number of thiazole rings is 1. The van der Waals surface area contributed by atoms with Crippen molar-refractivity contribution in [2.45, 2.75) is 25.8 Å². The second-order valence-corrected chi connectivity index (χ2v) is 5.27. The first-order valence-corrected chi connectivity index (χ1v) is 7.00. The summed E-state index contributed by atoms with van der Waals surface area (Å²) in [5, 5.41) is 11.9. The van der Waals surface area contributed by atoms with Gasteiger partial charge in [0.1, 0.15) is 6.04 Å². The molecule has 1 aromatic heterocycles. The minimum atomic E-state index is -0.976. The Hall–Kier alpha value is -1.72. The Kier molecular flexibility index (Phi) is 4.29. The van der Waals surface area contributed by atoms with E-state index in [9.17, 15) is 4.79 Å². The van der Waals surface area contributed by atoms with Crippen molar-refractivity contribution in [2.24, 2.45) is 5.73 Å². The third kappa shape index (κ3) is 3.39. The molecule has 0 fully saturated rings. The molecule has 0 saturated carbocycles. The van der Waals surface area contributed by atoms with Crippen LogP contribution in [0.15, 0.2) is 29.6 Å². The first kappa shape index (κ1) is 13.7. The number of aryl methyl sites for hydroxylation is 1. The standard InChI is InChI=1S/C14H16N2O2S/c1-2-13-16-12(8-19-13)10-5-3-9(4-6-10)7-11(15)14(17)18/h3-6,8,11H,2,7,15H2,1H3,(H,17,18)/t11-/m0/s1. The van der Waals surface area contributed by atoms with Gasteiger partial charge >= 0.3 is 5.97 Å². The fourth-order valence-electron chi connectivity index (χ4n) is 1.76. The zero-order chi connectivity index (χ0) is 13.8. The normalized spacial score (nSPS) is 12.3. The molecule has 0 unspecified atom stereocenters. The van der Waals surface area contributed by atoms with Crippen LogP contribution in [0.1, 0.15) is 17.5 Å². The van der Waals surface area contributed by atoms with Crippen LogP contribution < -0.4 is 5.73 Å². The number of nitrogens with two attached hydrogens (primary N) is 1. The van der Waals surface area contributed by atoms with Gasteiger partial charge in [0.05, 0.1) is 10.7 Å². The number of carboxylic acid groups (broad SMARTS) is 1. The van der Waals surface area contributed by atoms with Crippen molar-refractivity contribution in [1.29, 1.82) is 0 Å². The summed E-state index contributed by atoms with van der Waals surface area (Å²) in [6.07, 6.45) is 1.28. The number of carbonyl (C=O) groups is 1. The van der Waals surface area contributed by atoms with E-state index in [1.54, 1.807) is 11.3 Å². The molecule has 4 nitrogen and oxygen atoms in total. The van der Waals surface area contributed by atoms with Crippen LogP contribution in [-0.4, -0.2) is 22.1 Å². The highest BCUT2D eigenvalue weighted by Crippen LogP contribution is 2.22. The van der Waals surface area contributed by atoms with Crippen LogP contribution in [0, 0.1) is 0 Å². The monoisotopic (exact) mass is 276 g/mol. The lowest BCUT2D eigenvalue weighted by Gasteiger charge is -2.06. The van der Waals surface area contributed by atoms with Gasteiger partial charge in [0.15, 0.2) is 0 Å². The topological polar surface area (TPSA) is 76.2 Å². The SMILES string of the molecule is CCc1nc(-c2ccc(C[C@H](N)C(=O)O)cc2)cs1. The van der Waals surface area contributed by atoms with E-state index < -0.39 is 12.0 Å². The summed E-state index contributed by atoms with van der Waals surface area (Å²) in [6, 6.07) is 6.88. The molecule has 100 valence electrons. The molecule has 5 heteroatoms. The molecule has 2 rings (SSSR count). The van der Waals surface area contributed by atoms with Crippen LogP contribution in [-0.2, 0) is 17.6 Å². The minimum Gasteiger partial charge on any atom is -0.480 e. The predicted octanol–water partition coefficient (Wildman–Crippen LogP) is 2.33. The van der Waals surface area contributed by atoms with Gasteiger partial charge in [-0.1, -0.05) is 31.2 Å². The van der Waals surface area contributed by atoms with Crippen molar-refractivity contribution in [3.05, 3.63) is 40.2 Å². The van der Waals surface area contributed by atoms with E-state index in [0.29, 0.717) is 6.42 Å². The summed E-state index contributed by atoms with van der Waals surface area (Å²) in [5.41, 5.74) is 8.44. The molecule has 0 spiro atoms. The Morgan fingerprint density at radius 3 is 2.63 bits per heavy atom. The average molecular weight is 276 g/mol. The maximum Gasteiger partial charge on any atom is 0.320 e. The highest BCUT2D eigenvalue weighted by Gasteiger charge is 2.12. The molecule has 1 aromatic carbocycles. The molecule has 1 atom stereocenters. The molecule has 0 aliphatic heterocycles. The quantitative estimate of drug-likeness (QED) is 0.878. The van der Waals surface area contributed by atoms with Gasteiger partial charge in [-0.15, -0.1) is 11.3 Å². The van der Waals surface area contributed by atoms with Crippen molar-refractivity contribution in [1.82, 2.24) is 4.98 Å². The van der Waals surface area contributed by atoms with Crippen LogP contribution in [0.2, 0.25) is 0 Å². The number of hydrogen-bond acceptors (Lipinski definition) is 4. The molecule has 0 amide bonds.